The van der Waals surface area contributed by atoms with Gasteiger partial charge >= 0.3 is 0 Å². The van der Waals surface area contributed by atoms with E-state index in [9.17, 15) is 9.59 Å². The van der Waals surface area contributed by atoms with Crippen molar-refractivity contribution in [2.75, 3.05) is 10.2 Å². The molecule has 4 aromatic rings. The van der Waals surface area contributed by atoms with Gasteiger partial charge in [0, 0.05) is 28.3 Å². The predicted octanol–water partition coefficient (Wildman–Crippen LogP) is 7.55. The van der Waals surface area contributed by atoms with E-state index in [1.54, 1.807) is 4.90 Å². The number of ketones is 1. The van der Waals surface area contributed by atoms with Gasteiger partial charge in [0.25, 0.3) is 5.91 Å². The Hall–Kier alpha value is -4.15. The molecule has 0 saturated carbocycles. The lowest BCUT2D eigenvalue weighted by molar-refractivity contribution is -0.116. The monoisotopic (exact) mass is 504 g/mol. The Bertz CT molecular complexity index is 1500. The number of Topliss-reactive ketones (excluding diaryl/α,β-unsaturated/α-hetero) is 1. The van der Waals surface area contributed by atoms with Gasteiger partial charge in [-0.15, -0.1) is 0 Å². The number of halogens is 1. The molecule has 0 fully saturated rings. The van der Waals surface area contributed by atoms with Crippen molar-refractivity contribution in [2.45, 2.75) is 24.8 Å². The fourth-order valence-electron chi connectivity index (χ4n) is 5.45. The van der Waals surface area contributed by atoms with Gasteiger partial charge in [-0.05, 0) is 59.9 Å². The quantitative estimate of drug-likeness (QED) is 0.313. The van der Waals surface area contributed by atoms with Gasteiger partial charge in [-0.2, -0.15) is 0 Å². The number of carbonyl (C=O) groups is 2. The van der Waals surface area contributed by atoms with Crippen LogP contribution in [0.2, 0.25) is 5.02 Å². The predicted molar refractivity (Wildman–Crippen MR) is 148 cm³/mol. The number of carbonyl (C=O) groups excluding carboxylic acids is 2. The average molecular weight is 505 g/mol. The lowest BCUT2D eigenvalue weighted by Crippen LogP contribution is -2.38. The van der Waals surface area contributed by atoms with Crippen molar-refractivity contribution >= 4 is 34.7 Å². The smallest absolute Gasteiger partial charge is 0.259 e. The Balaban J connectivity index is 1.55. The van der Waals surface area contributed by atoms with Crippen LogP contribution in [0.4, 0.5) is 11.4 Å². The van der Waals surface area contributed by atoms with E-state index in [2.05, 4.69) is 5.32 Å². The van der Waals surface area contributed by atoms with Crippen molar-refractivity contribution in [3.8, 4) is 0 Å². The number of hydrogen-bond donors (Lipinski definition) is 1. The minimum atomic E-state index is -0.557. The van der Waals surface area contributed by atoms with Gasteiger partial charge in [0.05, 0.1) is 17.4 Å². The summed E-state index contributed by atoms with van der Waals surface area (Å²) in [6.07, 6.45) is 1.03. The highest BCUT2D eigenvalue weighted by Crippen LogP contribution is 2.47. The molecule has 0 saturated heterocycles. The van der Waals surface area contributed by atoms with E-state index in [0.29, 0.717) is 29.0 Å². The van der Waals surface area contributed by atoms with Gasteiger partial charge < -0.3 is 5.32 Å². The maximum absolute atomic E-state index is 14.1. The molecule has 1 aliphatic carbocycles. The second-order valence-electron chi connectivity index (χ2n) is 9.47. The number of benzene rings is 4. The molecule has 1 N–H and O–H groups in total. The first-order valence-corrected chi connectivity index (χ1v) is 12.8. The Labute approximate surface area is 221 Å². The average Bonchev–Trinajstić information content (AvgIpc) is 3.08. The Morgan fingerprint density at radius 2 is 1.41 bits per heavy atom. The molecule has 5 heteroatoms. The normalized spacial score (nSPS) is 18.9. The van der Waals surface area contributed by atoms with Crippen LogP contribution in [0, 0.1) is 0 Å². The second-order valence-corrected chi connectivity index (χ2v) is 9.91. The molecule has 2 aliphatic rings. The van der Waals surface area contributed by atoms with Crippen LogP contribution in [0.3, 0.4) is 0 Å². The maximum atomic E-state index is 14.1. The van der Waals surface area contributed by atoms with Crippen LogP contribution in [-0.2, 0) is 4.79 Å². The number of fused-ring (bicyclic) bond motifs is 1. The number of rotatable bonds is 3. The summed E-state index contributed by atoms with van der Waals surface area (Å²) in [4.78, 5) is 29.9. The lowest BCUT2D eigenvalue weighted by atomic mass is 9.78. The molecule has 182 valence electrons. The first-order chi connectivity index (χ1) is 18.1. The Morgan fingerprint density at radius 3 is 2.14 bits per heavy atom. The van der Waals surface area contributed by atoms with E-state index in [1.807, 2.05) is 109 Å². The van der Waals surface area contributed by atoms with E-state index in [-0.39, 0.29) is 17.6 Å². The SMILES string of the molecule is O=C1C[C@@H](c2ccc(Cl)cc2)CC2=C1[C@@H](c1ccccc1)N(C(=O)c1ccccc1)c1ccccc1N2. The summed E-state index contributed by atoms with van der Waals surface area (Å²) in [5, 5.41) is 4.25. The third-order valence-corrected chi connectivity index (χ3v) is 7.44. The summed E-state index contributed by atoms with van der Waals surface area (Å²) in [5.41, 5.74) is 5.62. The Kier molecular flexibility index (Phi) is 6.11. The summed E-state index contributed by atoms with van der Waals surface area (Å²) in [6.45, 7) is 0. The van der Waals surface area contributed by atoms with E-state index in [4.69, 9.17) is 11.6 Å². The van der Waals surface area contributed by atoms with Crippen molar-refractivity contribution in [3.05, 3.63) is 142 Å². The van der Waals surface area contributed by atoms with Crippen molar-refractivity contribution in [1.29, 1.82) is 0 Å². The fourth-order valence-corrected chi connectivity index (χ4v) is 5.58. The van der Waals surface area contributed by atoms with Gasteiger partial charge in [-0.3, -0.25) is 14.5 Å². The molecule has 1 amide bonds. The van der Waals surface area contributed by atoms with E-state index >= 15 is 0 Å². The van der Waals surface area contributed by atoms with Crippen molar-refractivity contribution in [2.24, 2.45) is 0 Å². The fraction of sp³-hybridized carbons (Fsp3) is 0.125. The zero-order chi connectivity index (χ0) is 25.4. The van der Waals surface area contributed by atoms with E-state index in [0.717, 1.165) is 28.2 Å². The zero-order valence-corrected chi connectivity index (χ0v) is 20.9. The van der Waals surface area contributed by atoms with Gasteiger partial charge in [-0.1, -0.05) is 84.4 Å². The van der Waals surface area contributed by atoms with E-state index < -0.39 is 6.04 Å². The molecule has 4 aromatic carbocycles. The summed E-state index contributed by atoms with van der Waals surface area (Å²) in [6, 6.07) is 34.1. The van der Waals surface area contributed by atoms with E-state index in [1.165, 1.54) is 0 Å². The highest BCUT2D eigenvalue weighted by Gasteiger charge is 2.41. The minimum Gasteiger partial charge on any atom is -0.357 e. The molecule has 2 atom stereocenters. The van der Waals surface area contributed by atoms with Crippen molar-refractivity contribution < 1.29 is 9.59 Å². The van der Waals surface area contributed by atoms with Crippen molar-refractivity contribution in [3.63, 3.8) is 0 Å². The number of nitrogens with zero attached hydrogens (tertiary/aromatic N) is 1. The zero-order valence-electron chi connectivity index (χ0n) is 20.1. The summed E-state index contributed by atoms with van der Waals surface area (Å²) in [5.74, 6) is -0.0812. The number of amides is 1. The molecule has 6 rings (SSSR count). The second kappa shape index (κ2) is 9.72. The van der Waals surface area contributed by atoms with Crippen LogP contribution >= 0.6 is 11.6 Å². The first-order valence-electron chi connectivity index (χ1n) is 12.4. The minimum absolute atomic E-state index is 0.0241. The van der Waals surface area contributed by atoms with Gasteiger partial charge in [0.15, 0.2) is 5.78 Å². The van der Waals surface area contributed by atoms with Gasteiger partial charge in [0.2, 0.25) is 0 Å². The molecular weight excluding hydrogens is 480 g/mol. The summed E-state index contributed by atoms with van der Waals surface area (Å²) < 4.78 is 0. The van der Waals surface area contributed by atoms with Gasteiger partial charge in [-0.25, -0.2) is 0 Å². The first kappa shape index (κ1) is 23.3. The molecule has 1 heterocycles. The molecule has 0 radical (unpaired) electrons. The summed E-state index contributed by atoms with van der Waals surface area (Å²) >= 11 is 6.12. The number of para-hydroxylation sites is 2. The molecule has 0 aromatic heterocycles. The third kappa shape index (κ3) is 4.34. The molecule has 4 nitrogen and oxygen atoms in total. The standard InChI is InChI=1S/C32H25ClN2O2/c33-25-17-15-21(16-18-25)24-19-27-30(29(36)20-24)31(22-9-3-1-4-10-22)35(28-14-8-7-13-26(28)34-27)32(37)23-11-5-2-6-12-23/h1-18,24,31,34H,19-20H2/t24-,31+/m0/s1. The number of anilines is 2. The highest BCUT2D eigenvalue weighted by atomic mass is 35.5. The maximum Gasteiger partial charge on any atom is 0.259 e. The molecule has 1 aliphatic heterocycles. The number of hydrogen-bond acceptors (Lipinski definition) is 3. The van der Waals surface area contributed by atoms with Crippen LogP contribution in [0.5, 0.6) is 0 Å². The molecule has 0 spiro atoms. The van der Waals surface area contributed by atoms with Gasteiger partial charge in [0.1, 0.15) is 0 Å². The molecule has 0 unspecified atom stereocenters. The van der Waals surface area contributed by atoms with Crippen LogP contribution in [-0.4, -0.2) is 11.7 Å². The van der Waals surface area contributed by atoms with Crippen LogP contribution in [0.25, 0.3) is 0 Å². The summed E-state index contributed by atoms with van der Waals surface area (Å²) in [7, 11) is 0. The number of allylic oxidation sites excluding steroid dienone is 1. The lowest BCUT2D eigenvalue weighted by Gasteiger charge is -2.35. The van der Waals surface area contributed by atoms with Crippen LogP contribution in [0.1, 0.15) is 46.3 Å². The van der Waals surface area contributed by atoms with Crippen molar-refractivity contribution in [1.82, 2.24) is 0 Å². The topological polar surface area (TPSA) is 49.4 Å². The highest BCUT2D eigenvalue weighted by molar-refractivity contribution is 6.30. The largest absolute Gasteiger partial charge is 0.357 e. The van der Waals surface area contributed by atoms with Crippen LogP contribution in [0.15, 0.2) is 120 Å². The molecule has 37 heavy (non-hydrogen) atoms. The Morgan fingerprint density at radius 1 is 0.757 bits per heavy atom. The number of nitrogens with one attached hydrogen (secondary N) is 1. The molecule has 0 bridgehead atoms. The van der Waals surface area contributed by atoms with Crippen LogP contribution < -0.4 is 10.2 Å². The molecular formula is C32H25ClN2O2. The third-order valence-electron chi connectivity index (χ3n) is 7.18.